The minimum atomic E-state index is -0.625. The Hall–Kier alpha value is -5.48. The fraction of sp³-hybridized carbons (Fsp3) is 0. The number of rotatable bonds is 3. The van der Waals surface area contributed by atoms with Gasteiger partial charge in [0.2, 0.25) is 0 Å². The normalized spacial score (nSPS) is 9.89. The van der Waals surface area contributed by atoms with Crippen LogP contribution in [0.15, 0.2) is 72.8 Å². The molecule has 0 atom stereocenters. The molecule has 0 saturated carbocycles. The molecular formula is C26H18F2N6O2. The molecule has 0 fully saturated rings. The summed E-state index contributed by atoms with van der Waals surface area (Å²) < 4.78 is 27.5. The lowest BCUT2D eigenvalue weighted by molar-refractivity contribution is -0.383. The highest BCUT2D eigenvalue weighted by Gasteiger charge is 2.15. The van der Waals surface area contributed by atoms with E-state index in [9.17, 15) is 18.9 Å². The zero-order valence-corrected chi connectivity index (χ0v) is 18.6. The highest BCUT2D eigenvalue weighted by molar-refractivity contribution is 5.75. The Morgan fingerprint density at radius 1 is 0.667 bits per heavy atom. The molecule has 0 amide bonds. The Bertz CT molecular complexity index is 1560. The summed E-state index contributed by atoms with van der Waals surface area (Å²) >= 11 is 0. The van der Waals surface area contributed by atoms with Crippen LogP contribution in [0.25, 0.3) is 22.3 Å². The quantitative estimate of drug-likeness (QED) is 0.199. The lowest BCUT2D eigenvalue weighted by atomic mass is 10.0. The van der Waals surface area contributed by atoms with Crippen molar-refractivity contribution < 1.29 is 13.7 Å². The molecule has 4 aromatic carbocycles. The van der Waals surface area contributed by atoms with Crippen LogP contribution in [-0.2, 0) is 0 Å². The number of nitrogen functional groups attached to an aromatic ring is 3. The van der Waals surface area contributed by atoms with E-state index in [2.05, 4.69) is 0 Å². The molecule has 0 heterocycles. The van der Waals surface area contributed by atoms with Crippen molar-refractivity contribution in [3.8, 4) is 34.4 Å². The number of hydrogen-bond acceptors (Lipinski definition) is 7. The first kappa shape index (κ1) is 25.1. The smallest absolute Gasteiger partial charge is 0.292 e. The van der Waals surface area contributed by atoms with Crippen LogP contribution < -0.4 is 17.2 Å². The SMILES string of the molecule is N#Cc1ccc(-c2ccc(N)c(N)c2)c(F)c1.N#Cc1ccc(-c2ccc(N)c([N+](=O)[O-])c2)c(F)c1. The average Bonchev–Trinajstić information content (AvgIpc) is 2.86. The average molecular weight is 484 g/mol. The second-order valence-corrected chi connectivity index (χ2v) is 7.49. The molecule has 10 heteroatoms. The van der Waals surface area contributed by atoms with Crippen molar-refractivity contribution in [3.05, 3.63) is 106 Å². The van der Waals surface area contributed by atoms with Gasteiger partial charge >= 0.3 is 0 Å². The van der Waals surface area contributed by atoms with Crippen LogP contribution in [0.5, 0.6) is 0 Å². The Labute approximate surface area is 204 Å². The van der Waals surface area contributed by atoms with Gasteiger partial charge in [0.25, 0.3) is 5.69 Å². The topological polar surface area (TPSA) is 169 Å². The van der Waals surface area contributed by atoms with Crippen molar-refractivity contribution in [1.82, 2.24) is 0 Å². The highest BCUT2D eigenvalue weighted by Crippen LogP contribution is 2.31. The number of nitro benzene ring substituents is 1. The van der Waals surface area contributed by atoms with Gasteiger partial charge in [0.05, 0.1) is 39.6 Å². The number of nitrogens with two attached hydrogens (primary N) is 3. The van der Waals surface area contributed by atoms with Gasteiger partial charge in [-0.1, -0.05) is 24.3 Å². The van der Waals surface area contributed by atoms with Gasteiger partial charge in [-0.25, -0.2) is 8.78 Å². The zero-order valence-electron chi connectivity index (χ0n) is 18.6. The minimum absolute atomic E-state index is 0.0165. The lowest BCUT2D eigenvalue weighted by Gasteiger charge is -2.06. The number of benzene rings is 4. The molecule has 0 aliphatic heterocycles. The molecule has 4 aromatic rings. The van der Waals surface area contributed by atoms with Crippen LogP contribution >= 0.6 is 0 Å². The first-order valence-electron chi connectivity index (χ1n) is 10.2. The van der Waals surface area contributed by atoms with Crippen LogP contribution in [-0.4, -0.2) is 4.92 Å². The summed E-state index contributed by atoms with van der Waals surface area (Å²) in [6.07, 6.45) is 0. The molecule has 0 saturated heterocycles. The maximum absolute atomic E-state index is 13.8. The van der Waals surface area contributed by atoms with Gasteiger partial charge in [-0.2, -0.15) is 10.5 Å². The predicted octanol–water partition coefficient (Wildman–Crippen LogP) is 5.38. The van der Waals surface area contributed by atoms with E-state index in [1.807, 2.05) is 12.1 Å². The number of anilines is 3. The predicted molar refractivity (Wildman–Crippen MR) is 133 cm³/mol. The summed E-state index contributed by atoms with van der Waals surface area (Å²) in [6, 6.07) is 20.9. The van der Waals surface area contributed by atoms with E-state index in [4.69, 9.17) is 27.7 Å². The number of nitriles is 2. The van der Waals surface area contributed by atoms with E-state index >= 15 is 0 Å². The van der Waals surface area contributed by atoms with Crippen molar-refractivity contribution in [2.45, 2.75) is 0 Å². The molecule has 0 spiro atoms. The number of nitrogens with zero attached hydrogens (tertiary/aromatic N) is 3. The molecule has 0 aromatic heterocycles. The van der Waals surface area contributed by atoms with E-state index in [0.29, 0.717) is 28.1 Å². The van der Waals surface area contributed by atoms with E-state index < -0.39 is 16.6 Å². The Morgan fingerprint density at radius 3 is 1.56 bits per heavy atom. The molecule has 0 aliphatic rings. The highest BCUT2D eigenvalue weighted by atomic mass is 19.1. The molecule has 36 heavy (non-hydrogen) atoms. The third kappa shape index (κ3) is 5.53. The summed E-state index contributed by atoms with van der Waals surface area (Å²) in [5.74, 6) is -1.06. The maximum Gasteiger partial charge on any atom is 0.292 e. The fourth-order valence-corrected chi connectivity index (χ4v) is 3.25. The van der Waals surface area contributed by atoms with Gasteiger partial charge < -0.3 is 17.2 Å². The molecular weight excluding hydrogens is 466 g/mol. The molecule has 0 bridgehead atoms. The lowest BCUT2D eigenvalue weighted by Crippen LogP contribution is -1.96. The van der Waals surface area contributed by atoms with Crippen molar-refractivity contribution in [2.24, 2.45) is 0 Å². The van der Waals surface area contributed by atoms with Crippen molar-refractivity contribution in [1.29, 1.82) is 10.5 Å². The first-order valence-corrected chi connectivity index (χ1v) is 10.2. The van der Waals surface area contributed by atoms with Crippen LogP contribution in [0.3, 0.4) is 0 Å². The molecule has 6 N–H and O–H groups in total. The Kier molecular flexibility index (Phi) is 7.43. The van der Waals surface area contributed by atoms with Gasteiger partial charge in [0, 0.05) is 17.2 Å². The summed E-state index contributed by atoms with van der Waals surface area (Å²) in [5.41, 5.74) is 19.4. The van der Waals surface area contributed by atoms with Crippen LogP contribution in [0.1, 0.15) is 11.1 Å². The zero-order chi connectivity index (χ0) is 26.4. The molecule has 0 radical (unpaired) electrons. The van der Waals surface area contributed by atoms with Gasteiger partial charge in [-0.15, -0.1) is 0 Å². The van der Waals surface area contributed by atoms with Crippen molar-refractivity contribution >= 4 is 22.7 Å². The van der Waals surface area contributed by atoms with Gasteiger partial charge in [-0.05, 0) is 53.6 Å². The van der Waals surface area contributed by atoms with E-state index in [0.717, 1.165) is 6.07 Å². The molecule has 0 unspecified atom stereocenters. The summed E-state index contributed by atoms with van der Waals surface area (Å²) in [6.45, 7) is 0. The number of hydrogen-bond donors (Lipinski definition) is 3. The first-order chi connectivity index (χ1) is 17.1. The second kappa shape index (κ2) is 10.6. The minimum Gasteiger partial charge on any atom is -0.397 e. The van der Waals surface area contributed by atoms with Gasteiger partial charge in [0.1, 0.15) is 17.3 Å². The third-order valence-corrected chi connectivity index (χ3v) is 5.13. The monoisotopic (exact) mass is 484 g/mol. The fourth-order valence-electron chi connectivity index (χ4n) is 3.25. The molecule has 8 nitrogen and oxygen atoms in total. The van der Waals surface area contributed by atoms with Crippen LogP contribution in [0.4, 0.5) is 31.5 Å². The molecule has 178 valence electrons. The molecule has 0 aliphatic carbocycles. The van der Waals surface area contributed by atoms with Crippen LogP contribution in [0.2, 0.25) is 0 Å². The summed E-state index contributed by atoms with van der Waals surface area (Å²) in [4.78, 5) is 10.2. The number of nitro groups is 1. The third-order valence-electron chi connectivity index (χ3n) is 5.13. The standard InChI is InChI=1S/C13H8FN3O2.C13H10FN3/c14-11-5-8(7-15)1-3-10(11)9-2-4-12(16)13(6-9)17(18)19;14-11-5-8(7-15)1-3-10(11)9-2-4-12(16)13(17)6-9/h1-6H,16H2;1-6H,16-17H2. The van der Waals surface area contributed by atoms with Crippen LogP contribution in [0, 0.1) is 44.4 Å². The number of halogens is 2. The van der Waals surface area contributed by atoms with E-state index in [1.165, 1.54) is 36.4 Å². The Balaban J connectivity index is 0.000000202. The molecule has 4 rings (SSSR count). The van der Waals surface area contributed by atoms with Crippen molar-refractivity contribution in [3.63, 3.8) is 0 Å². The van der Waals surface area contributed by atoms with Gasteiger partial charge in [-0.3, -0.25) is 10.1 Å². The van der Waals surface area contributed by atoms with E-state index in [1.54, 1.807) is 30.3 Å². The van der Waals surface area contributed by atoms with Gasteiger partial charge in [0.15, 0.2) is 0 Å². The van der Waals surface area contributed by atoms with E-state index in [-0.39, 0.29) is 28.1 Å². The maximum atomic E-state index is 13.8. The largest absolute Gasteiger partial charge is 0.397 e. The second-order valence-electron chi connectivity index (χ2n) is 7.49. The van der Waals surface area contributed by atoms with Crippen molar-refractivity contribution in [2.75, 3.05) is 17.2 Å². The summed E-state index contributed by atoms with van der Waals surface area (Å²) in [7, 11) is 0. The Morgan fingerprint density at radius 2 is 1.14 bits per heavy atom. The summed E-state index contributed by atoms with van der Waals surface area (Å²) in [5, 5.41) is 28.1.